The maximum Gasteiger partial charge on any atom is 0.163 e. The number of ketones is 1. The highest BCUT2D eigenvalue weighted by atomic mass is 79.9. The molecule has 0 N–H and O–H groups in total. The molecule has 1 aromatic rings. The summed E-state index contributed by atoms with van der Waals surface area (Å²) < 4.78 is 6.07. The molecule has 0 saturated carbocycles. The minimum absolute atomic E-state index is 0.0184. The molecule has 0 radical (unpaired) electrons. The maximum absolute atomic E-state index is 11.1. The summed E-state index contributed by atoms with van der Waals surface area (Å²) in [5.74, 6) is 0.0184. The van der Waals surface area contributed by atoms with E-state index in [1.54, 1.807) is 0 Å². The molecular formula is C10H11BrO2. The number of rotatable bonds is 3. The van der Waals surface area contributed by atoms with Gasteiger partial charge in [0.15, 0.2) is 5.78 Å². The van der Waals surface area contributed by atoms with E-state index in [-0.39, 0.29) is 5.78 Å². The summed E-state index contributed by atoms with van der Waals surface area (Å²) >= 11 is 3.33. The largest absolute Gasteiger partial charge is 0.369 e. The summed E-state index contributed by atoms with van der Waals surface area (Å²) in [6.45, 7) is 1.52. The van der Waals surface area contributed by atoms with Crippen molar-refractivity contribution in [2.45, 2.75) is 13.0 Å². The van der Waals surface area contributed by atoms with Gasteiger partial charge in [0.05, 0.1) is 0 Å². The normalized spacial score (nSPS) is 12.5. The van der Waals surface area contributed by atoms with E-state index in [0.29, 0.717) is 0 Å². The fourth-order valence-electron chi connectivity index (χ4n) is 1.17. The second-order valence-electron chi connectivity index (χ2n) is 2.78. The highest BCUT2D eigenvalue weighted by Gasteiger charge is 2.14. The van der Waals surface area contributed by atoms with E-state index in [9.17, 15) is 4.79 Å². The minimum Gasteiger partial charge on any atom is -0.369 e. The Morgan fingerprint density at radius 1 is 1.38 bits per heavy atom. The second-order valence-corrected chi connectivity index (χ2v) is 3.69. The average Bonchev–Trinajstić information content (AvgIpc) is 2.09. The molecule has 70 valence electrons. The summed E-state index contributed by atoms with van der Waals surface area (Å²) in [4.78, 5) is 11.1. The molecule has 1 aromatic carbocycles. The molecule has 0 amide bonds. The Morgan fingerprint density at radius 3 is 2.31 bits per heavy atom. The minimum atomic E-state index is -0.437. The zero-order valence-electron chi connectivity index (χ0n) is 7.58. The van der Waals surface area contributed by atoms with Crippen molar-refractivity contribution in [1.82, 2.24) is 0 Å². The Hall–Kier alpha value is -0.670. The zero-order chi connectivity index (χ0) is 9.84. The van der Waals surface area contributed by atoms with Crippen molar-refractivity contribution in [3.63, 3.8) is 0 Å². The first-order valence-electron chi connectivity index (χ1n) is 3.94. The van der Waals surface area contributed by atoms with Crippen LogP contribution in [0.3, 0.4) is 0 Å². The van der Waals surface area contributed by atoms with Crippen molar-refractivity contribution in [1.29, 1.82) is 0 Å². The Morgan fingerprint density at radius 2 is 1.92 bits per heavy atom. The summed E-state index contributed by atoms with van der Waals surface area (Å²) in [5.41, 5.74) is 0.887. The van der Waals surface area contributed by atoms with E-state index in [0.717, 1.165) is 10.0 Å². The predicted molar refractivity (Wildman–Crippen MR) is 54.6 cm³/mol. The third-order valence-electron chi connectivity index (χ3n) is 1.78. The van der Waals surface area contributed by atoms with Crippen molar-refractivity contribution < 1.29 is 9.53 Å². The first-order valence-corrected chi connectivity index (χ1v) is 4.73. The molecule has 13 heavy (non-hydrogen) atoms. The molecule has 1 rings (SSSR count). The van der Waals surface area contributed by atoms with Crippen LogP contribution in [0.25, 0.3) is 0 Å². The highest BCUT2D eigenvalue weighted by Crippen LogP contribution is 2.19. The molecule has 0 spiro atoms. The summed E-state index contributed by atoms with van der Waals surface area (Å²) in [6.07, 6.45) is -0.437. The Kier molecular flexibility index (Phi) is 3.63. The number of methoxy groups -OCH3 is 1. The second kappa shape index (κ2) is 4.53. The number of carbonyl (C=O) groups excluding carboxylic acids is 1. The van der Waals surface area contributed by atoms with Crippen LogP contribution < -0.4 is 0 Å². The predicted octanol–water partition coefficient (Wildman–Crippen LogP) is 2.73. The molecule has 0 aliphatic rings. The van der Waals surface area contributed by atoms with Crippen LogP contribution in [0.2, 0.25) is 0 Å². The van der Waals surface area contributed by atoms with Gasteiger partial charge in [-0.25, -0.2) is 0 Å². The van der Waals surface area contributed by atoms with E-state index in [1.807, 2.05) is 24.3 Å². The molecule has 0 aliphatic heterocycles. The van der Waals surface area contributed by atoms with Crippen LogP contribution in [0.5, 0.6) is 0 Å². The van der Waals surface area contributed by atoms with Gasteiger partial charge in [0.25, 0.3) is 0 Å². The molecule has 3 heteroatoms. The number of Topliss-reactive ketones (excluding diaryl/α,β-unsaturated/α-hetero) is 1. The number of carbonyl (C=O) groups is 1. The van der Waals surface area contributed by atoms with Crippen LogP contribution in [0, 0.1) is 0 Å². The van der Waals surface area contributed by atoms with Gasteiger partial charge in [-0.15, -0.1) is 0 Å². The number of halogens is 1. The van der Waals surface area contributed by atoms with Crippen molar-refractivity contribution >= 4 is 21.7 Å². The van der Waals surface area contributed by atoms with Crippen molar-refractivity contribution in [2.24, 2.45) is 0 Å². The van der Waals surface area contributed by atoms with Gasteiger partial charge in [-0.2, -0.15) is 0 Å². The average molecular weight is 243 g/mol. The van der Waals surface area contributed by atoms with Gasteiger partial charge >= 0.3 is 0 Å². The highest BCUT2D eigenvalue weighted by molar-refractivity contribution is 9.10. The lowest BCUT2D eigenvalue weighted by Gasteiger charge is -2.11. The Labute approximate surface area is 86.0 Å². The van der Waals surface area contributed by atoms with Gasteiger partial charge in [-0.1, -0.05) is 28.1 Å². The molecule has 0 saturated heterocycles. The lowest BCUT2D eigenvalue weighted by Crippen LogP contribution is -2.10. The molecule has 2 nitrogen and oxygen atoms in total. The van der Waals surface area contributed by atoms with Gasteiger partial charge < -0.3 is 4.74 Å². The lowest BCUT2D eigenvalue weighted by atomic mass is 10.1. The first-order chi connectivity index (χ1) is 6.15. The third kappa shape index (κ3) is 2.64. The lowest BCUT2D eigenvalue weighted by molar-refractivity contribution is -0.126. The van der Waals surface area contributed by atoms with Gasteiger partial charge in [0.2, 0.25) is 0 Å². The fourth-order valence-corrected chi connectivity index (χ4v) is 1.44. The Bertz CT molecular complexity index is 292. The van der Waals surface area contributed by atoms with Crippen LogP contribution >= 0.6 is 15.9 Å². The number of ether oxygens (including phenoxy) is 1. The van der Waals surface area contributed by atoms with Crippen LogP contribution in [0.15, 0.2) is 28.7 Å². The van der Waals surface area contributed by atoms with E-state index >= 15 is 0 Å². The number of hydrogen-bond donors (Lipinski definition) is 0. The molecule has 0 heterocycles. The van der Waals surface area contributed by atoms with Crippen LogP contribution in [-0.4, -0.2) is 12.9 Å². The van der Waals surface area contributed by atoms with Crippen molar-refractivity contribution in [2.75, 3.05) is 7.11 Å². The van der Waals surface area contributed by atoms with Gasteiger partial charge in [0, 0.05) is 11.6 Å². The molecule has 0 fully saturated rings. The maximum atomic E-state index is 11.1. The van der Waals surface area contributed by atoms with E-state index in [4.69, 9.17) is 4.74 Å². The van der Waals surface area contributed by atoms with Crippen molar-refractivity contribution in [3.8, 4) is 0 Å². The van der Waals surface area contributed by atoms with E-state index < -0.39 is 6.10 Å². The summed E-state index contributed by atoms with van der Waals surface area (Å²) in [5, 5.41) is 0. The molecule has 0 aromatic heterocycles. The number of benzene rings is 1. The quantitative estimate of drug-likeness (QED) is 0.815. The monoisotopic (exact) mass is 242 g/mol. The van der Waals surface area contributed by atoms with E-state index in [1.165, 1.54) is 14.0 Å². The van der Waals surface area contributed by atoms with Gasteiger partial charge in [0.1, 0.15) is 6.10 Å². The smallest absolute Gasteiger partial charge is 0.163 e. The molecular weight excluding hydrogens is 232 g/mol. The van der Waals surface area contributed by atoms with Crippen LogP contribution in [0.4, 0.5) is 0 Å². The molecule has 0 aliphatic carbocycles. The summed E-state index contributed by atoms with van der Waals surface area (Å²) in [7, 11) is 1.54. The van der Waals surface area contributed by atoms with Gasteiger partial charge in [-0.3, -0.25) is 4.79 Å². The molecule has 1 atom stereocenters. The molecule has 0 bridgehead atoms. The summed E-state index contributed by atoms with van der Waals surface area (Å²) in [6, 6.07) is 7.54. The van der Waals surface area contributed by atoms with Crippen molar-refractivity contribution in [3.05, 3.63) is 34.3 Å². The standard InChI is InChI=1S/C10H11BrO2/c1-7(12)10(13-2)8-3-5-9(11)6-4-8/h3-6,10H,1-2H3. The van der Waals surface area contributed by atoms with Crippen LogP contribution in [0.1, 0.15) is 18.6 Å². The zero-order valence-corrected chi connectivity index (χ0v) is 9.17. The van der Waals surface area contributed by atoms with Crippen LogP contribution in [-0.2, 0) is 9.53 Å². The van der Waals surface area contributed by atoms with E-state index in [2.05, 4.69) is 15.9 Å². The SMILES string of the molecule is COC(C(C)=O)c1ccc(Br)cc1. The molecule has 1 unspecified atom stereocenters. The number of hydrogen-bond acceptors (Lipinski definition) is 2. The topological polar surface area (TPSA) is 26.3 Å². The third-order valence-corrected chi connectivity index (χ3v) is 2.31. The van der Waals surface area contributed by atoms with Gasteiger partial charge in [-0.05, 0) is 24.6 Å². The fraction of sp³-hybridized carbons (Fsp3) is 0.300. The Balaban J connectivity index is 2.92. The first kappa shape index (κ1) is 10.4.